The van der Waals surface area contributed by atoms with Gasteiger partial charge in [-0.15, -0.1) is 0 Å². The summed E-state index contributed by atoms with van der Waals surface area (Å²) in [6, 6.07) is 6.95. The van der Waals surface area contributed by atoms with Crippen LogP contribution in [0.3, 0.4) is 0 Å². The maximum absolute atomic E-state index is 11.8. The summed E-state index contributed by atoms with van der Waals surface area (Å²) in [6.07, 6.45) is 7.71. The van der Waals surface area contributed by atoms with Crippen molar-refractivity contribution in [2.75, 3.05) is 11.9 Å². The van der Waals surface area contributed by atoms with E-state index in [4.69, 9.17) is 11.6 Å². The summed E-state index contributed by atoms with van der Waals surface area (Å²) in [5.41, 5.74) is 1.93. The Kier molecular flexibility index (Phi) is 6.46. The molecule has 2 N–H and O–H groups in total. The Hall–Kier alpha value is -1.81. The molecule has 0 bridgehead atoms. The molecule has 0 spiro atoms. The minimum Gasteiger partial charge on any atom is -0.355 e. The molecular formula is C17H21ClN2O2. The van der Waals surface area contributed by atoms with E-state index >= 15 is 0 Å². The number of para-hydroxylation sites is 1. The second-order valence-corrected chi connectivity index (χ2v) is 5.82. The van der Waals surface area contributed by atoms with Gasteiger partial charge in [0.1, 0.15) is 6.42 Å². The fourth-order valence-electron chi connectivity index (χ4n) is 2.46. The molecule has 5 heteroatoms. The van der Waals surface area contributed by atoms with Gasteiger partial charge in [0.15, 0.2) is 0 Å². The number of carbonyl (C=O) groups excluding carboxylic acids is 2. The molecule has 0 saturated carbocycles. The summed E-state index contributed by atoms with van der Waals surface area (Å²) in [4.78, 5) is 23.5. The molecular weight excluding hydrogens is 300 g/mol. The molecule has 0 radical (unpaired) electrons. The third kappa shape index (κ3) is 5.53. The van der Waals surface area contributed by atoms with Gasteiger partial charge in [-0.1, -0.05) is 35.4 Å². The van der Waals surface area contributed by atoms with Gasteiger partial charge in [0.2, 0.25) is 11.8 Å². The number of halogens is 1. The Morgan fingerprint density at radius 3 is 2.68 bits per heavy atom. The maximum atomic E-state index is 11.8. The van der Waals surface area contributed by atoms with Crippen molar-refractivity contribution in [3.63, 3.8) is 0 Å². The van der Waals surface area contributed by atoms with Gasteiger partial charge in [-0.2, -0.15) is 0 Å². The van der Waals surface area contributed by atoms with Crippen LogP contribution in [0.1, 0.15) is 38.5 Å². The molecule has 4 nitrogen and oxygen atoms in total. The minimum atomic E-state index is -0.359. The molecule has 0 saturated heterocycles. The van der Waals surface area contributed by atoms with Crippen LogP contribution < -0.4 is 10.6 Å². The van der Waals surface area contributed by atoms with Crippen molar-refractivity contribution >= 4 is 29.1 Å². The average molecular weight is 321 g/mol. The summed E-state index contributed by atoms with van der Waals surface area (Å²) in [6.45, 7) is 0.587. The number of allylic oxidation sites excluding steroid dienone is 1. The third-order valence-electron chi connectivity index (χ3n) is 3.62. The lowest BCUT2D eigenvalue weighted by Gasteiger charge is -2.13. The number of anilines is 1. The van der Waals surface area contributed by atoms with Crippen LogP contribution in [0, 0.1) is 0 Å². The first-order chi connectivity index (χ1) is 10.6. The van der Waals surface area contributed by atoms with Crippen LogP contribution in [-0.4, -0.2) is 18.4 Å². The van der Waals surface area contributed by atoms with E-state index in [0.717, 1.165) is 19.3 Å². The average Bonchev–Trinajstić information content (AvgIpc) is 2.50. The van der Waals surface area contributed by atoms with Gasteiger partial charge in [-0.25, -0.2) is 0 Å². The fourth-order valence-corrected chi connectivity index (χ4v) is 2.64. The van der Waals surface area contributed by atoms with Gasteiger partial charge >= 0.3 is 0 Å². The lowest BCUT2D eigenvalue weighted by molar-refractivity contribution is -0.126. The first-order valence-electron chi connectivity index (χ1n) is 7.64. The Bertz CT molecular complexity index is 570. The third-order valence-corrected chi connectivity index (χ3v) is 3.95. The predicted octanol–water partition coefficient (Wildman–Crippen LogP) is 3.68. The Morgan fingerprint density at radius 1 is 1.14 bits per heavy atom. The van der Waals surface area contributed by atoms with Crippen molar-refractivity contribution in [1.82, 2.24) is 5.32 Å². The number of carbonyl (C=O) groups is 2. The lowest BCUT2D eigenvalue weighted by Crippen LogP contribution is -2.29. The van der Waals surface area contributed by atoms with Gasteiger partial charge in [-0.05, 0) is 44.2 Å². The standard InChI is InChI=1S/C17H21ClN2O2/c18-14-8-4-5-9-15(14)20-17(22)12-16(21)19-11-10-13-6-2-1-3-7-13/h4-6,8-9H,1-3,7,10-12H2,(H,19,21)(H,20,22). The zero-order valence-electron chi connectivity index (χ0n) is 12.5. The summed E-state index contributed by atoms with van der Waals surface area (Å²) >= 11 is 5.95. The normalized spacial score (nSPS) is 14.1. The highest BCUT2D eigenvalue weighted by Gasteiger charge is 2.11. The Balaban J connectivity index is 1.69. The second kappa shape index (κ2) is 8.59. The highest BCUT2D eigenvalue weighted by atomic mass is 35.5. The summed E-state index contributed by atoms with van der Waals surface area (Å²) in [5, 5.41) is 5.88. The molecule has 0 unspecified atom stereocenters. The van der Waals surface area contributed by atoms with Crippen molar-refractivity contribution in [3.05, 3.63) is 40.9 Å². The van der Waals surface area contributed by atoms with Crippen LogP contribution in [0.15, 0.2) is 35.9 Å². The molecule has 0 aromatic heterocycles. The molecule has 2 rings (SSSR count). The molecule has 118 valence electrons. The zero-order valence-corrected chi connectivity index (χ0v) is 13.3. The number of hydrogen-bond acceptors (Lipinski definition) is 2. The number of amides is 2. The summed E-state index contributed by atoms with van der Waals surface area (Å²) in [7, 11) is 0. The fraction of sp³-hybridized carbons (Fsp3) is 0.412. The second-order valence-electron chi connectivity index (χ2n) is 5.41. The molecule has 2 amide bonds. The number of hydrogen-bond donors (Lipinski definition) is 2. The van der Waals surface area contributed by atoms with Crippen LogP contribution in [-0.2, 0) is 9.59 Å². The van der Waals surface area contributed by atoms with Crippen LogP contribution in [0.25, 0.3) is 0 Å². The topological polar surface area (TPSA) is 58.2 Å². The number of benzene rings is 1. The highest BCUT2D eigenvalue weighted by molar-refractivity contribution is 6.33. The monoisotopic (exact) mass is 320 g/mol. The van der Waals surface area contributed by atoms with Crippen molar-refractivity contribution in [1.29, 1.82) is 0 Å². The van der Waals surface area contributed by atoms with E-state index in [1.54, 1.807) is 24.3 Å². The van der Waals surface area contributed by atoms with Gasteiger partial charge in [0.25, 0.3) is 0 Å². The van der Waals surface area contributed by atoms with Gasteiger partial charge < -0.3 is 10.6 Å². The molecule has 22 heavy (non-hydrogen) atoms. The van der Waals surface area contributed by atoms with E-state index in [1.165, 1.54) is 18.4 Å². The zero-order chi connectivity index (χ0) is 15.8. The number of rotatable bonds is 6. The molecule has 1 aliphatic rings. The summed E-state index contributed by atoms with van der Waals surface area (Å²) in [5.74, 6) is -0.622. The van der Waals surface area contributed by atoms with E-state index in [2.05, 4.69) is 16.7 Å². The molecule has 0 atom stereocenters. The molecule has 1 aromatic carbocycles. The highest BCUT2D eigenvalue weighted by Crippen LogP contribution is 2.21. The van der Waals surface area contributed by atoms with Gasteiger partial charge in [0.05, 0.1) is 10.7 Å². The largest absolute Gasteiger partial charge is 0.355 e. The van der Waals surface area contributed by atoms with E-state index in [9.17, 15) is 9.59 Å². The van der Waals surface area contributed by atoms with Crippen molar-refractivity contribution in [2.24, 2.45) is 0 Å². The van der Waals surface area contributed by atoms with E-state index < -0.39 is 0 Å². The number of nitrogens with one attached hydrogen (secondary N) is 2. The first-order valence-corrected chi connectivity index (χ1v) is 8.02. The molecule has 1 aliphatic carbocycles. The van der Waals surface area contributed by atoms with Crippen LogP contribution in [0.4, 0.5) is 5.69 Å². The SMILES string of the molecule is O=C(CC(=O)Nc1ccccc1Cl)NCCC1=CCCCC1. The Labute approximate surface area is 135 Å². The lowest BCUT2D eigenvalue weighted by atomic mass is 9.97. The molecule has 0 heterocycles. The quantitative estimate of drug-likeness (QED) is 0.620. The van der Waals surface area contributed by atoms with Crippen molar-refractivity contribution in [3.8, 4) is 0 Å². The van der Waals surface area contributed by atoms with Gasteiger partial charge in [-0.3, -0.25) is 9.59 Å². The van der Waals surface area contributed by atoms with Crippen molar-refractivity contribution < 1.29 is 9.59 Å². The molecule has 0 fully saturated rings. The molecule has 0 aliphatic heterocycles. The summed E-state index contributed by atoms with van der Waals surface area (Å²) < 4.78 is 0. The maximum Gasteiger partial charge on any atom is 0.233 e. The van der Waals surface area contributed by atoms with Crippen LogP contribution in [0.2, 0.25) is 5.02 Å². The van der Waals surface area contributed by atoms with Gasteiger partial charge in [0, 0.05) is 6.54 Å². The minimum absolute atomic E-state index is 0.190. The van der Waals surface area contributed by atoms with E-state index in [-0.39, 0.29) is 18.2 Å². The van der Waals surface area contributed by atoms with E-state index in [1.807, 2.05) is 0 Å². The van der Waals surface area contributed by atoms with E-state index in [0.29, 0.717) is 17.3 Å². The van der Waals surface area contributed by atoms with Crippen LogP contribution in [0.5, 0.6) is 0 Å². The molecule has 1 aromatic rings. The van der Waals surface area contributed by atoms with Crippen molar-refractivity contribution in [2.45, 2.75) is 38.5 Å². The first kappa shape index (κ1) is 16.6. The Morgan fingerprint density at radius 2 is 1.95 bits per heavy atom. The van der Waals surface area contributed by atoms with Crippen LogP contribution >= 0.6 is 11.6 Å². The smallest absolute Gasteiger partial charge is 0.233 e. The predicted molar refractivity (Wildman–Crippen MR) is 88.9 cm³/mol.